The van der Waals surface area contributed by atoms with Crippen LogP contribution in [0, 0.1) is 0 Å². The van der Waals surface area contributed by atoms with Crippen LogP contribution in [0.2, 0.25) is 0 Å². The highest BCUT2D eigenvalue weighted by Crippen LogP contribution is 2.12. The highest BCUT2D eigenvalue weighted by Gasteiger charge is 2.16. The van der Waals surface area contributed by atoms with Crippen LogP contribution in [-0.4, -0.2) is 55.4 Å². The number of methoxy groups -OCH3 is 1. The fourth-order valence-corrected chi connectivity index (χ4v) is 2.21. The zero-order chi connectivity index (χ0) is 17.2. The molecule has 0 spiro atoms. The van der Waals surface area contributed by atoms with Crippen molar-refractivity contribution in [1.82, 2.24) is 9.80 Å². The lowest BCUT2D eigenvalue weighted by molar-refractivity contribution is -0.138. The summed E-state index contributed by atoms with van der Waals surface area (Å²) < 4.78 is 5.13. The molecule has 0 fully saturated rings. The average Bonchev–Trinajstić information content (AvgIpc) is 2.56. The van der Waals surface area contributed by atoms with Gasteiger partial charge in [0.1, 0.15) is 5.75 Å². The van der Waals surface area contributed by atoms with Crippen LogP contribution < -0.4 is 4.74 Å². The van der Waals surface area contributed by atoms with E-state index in [0.29, 0.717) is 6.54 Å². The van der Waals surface area contributed by atoms with Crippen molar-refractivity contribution in [2.24, 2.45) is 0 Å². The fraction of sp³-hybridized carbons (Fsp3) is 0.556. The first-order valence-corrected chi connectivity index (χ1v) is 8.10. The number of nitrogens with zero attached hydrogens (tertiary/aromatic N) is 2. The van der Waals surface area contributed by atoms with Crippen LogP contribution in [0.25, 0.3) is 0 Å². The summed E-state index contributed by atoms with van der Waals surface area (Å²) in [7, 11) is 3.42. The second kappa shape index (κ2) is 9.87. The molecule has 0 saturated carbocycles. The van der Waals surface area contributed by atoms with Gasteiger partial charge in [0, 0.05) is 27.1 Å². The van der Waals surface area contributed by atoms with Gasteiger partial charge in [-0.05, 0) is 30.5 Å². The van der Waals surface area contributed by atoms with Crippen molar-refractivity contribution >= 4 is 11.8 Å². The molecule has 0 heterocycles. The number of amides is 2. The standard InChI is InChI=1S/C18H28N2O3/c1-5-6-12-19(3)18(22)14-20(15(2)21)13-11-16-7-9-17(23-4)10-8-16/h7-10H,5-6,11-14H2,1-4H3. The molecule has 0 unspecified atom stereocenters. The molecule has 128 valence electrons. The lowest BCUT2D eigenvalue weighted by Gasteiger charge is -2.24. The molecule has 0 aliphatic rings. The highest BCUT2D eigenvalue weighted by molar-refractivity contribution is 5.83. The van der Waals surface area contributed by atoms with E-state index in [1.54, 1.807) is 24.0 Å². The summed E-state index contributed by atoms with van der Waals surface area (Å²) in [6.07, 6.45) is 2.75. The Hall–Kier alpha value is -2.04. The second-order valence-electron chi connectivity index (χ2n) is 5.71. The number of carbonyl (C=O) groups is 2. The Labute approximate surface area is 139 Å². The van der Waals surface area contributed by atoms with E-state index < -0.39 is 0 Å². The Bertz CT molecular complexity index is 499. The highest BCUT2D eigenvalue weighted by atomic mass is 16.5. The zero-order valence-corrected chi connectivity index (χ0v) is 14.7. The summed E-state index contributed by atoms with van der Waals surface area (Å²) in [5.41, 5.74) is 1.11. The number of carbonyl (C=O) groups excluding carboxylic acids is 2. The Morgan fingerprint density at radius 1 is 1.13 bits per heavy atom. The number of benzene rings is 1. The van der Waals surface area contributed by atoms with Crippen LogP contribution in [0.15, 0.2) is 24.3 Å². The Morgan fingerprint density at radius 2 is 1.78 bits per heavy atom. The quantitative estimate of drug-likeness (QED) is 0.702. The lowest BCUT2D eigenvalue weighted by atomic mass is 10.1. The maximum Gasteiger partial charge on any atom is 0.241 e. The Balaban J connectivity index is 2.54. The van der Waals surface area contributed by atoms with Gasteiger partial charge in [0.15, 0.2) is 0 Å². The molecule has 23 heavy (non-hydrogen) atoms. The summed E-state index contributed by atoms with van der Waals surface area (Å²) in [5, 5.41) is 0. The molecule has 0 atom stereocenters. The maximum absolute atomic E-state index is 12.2. The predicted molar refractivity (Wildman–Crippen MR) is 91.5 cm³/mol. The molecule has 1 rings (SSSR count). The maximum atomic E-state index is 12.2. The minimum Gasteiger partial charge on any atom is -0.497 e. The van der Waals surface area contributed by atoms with Crippen molar-refractivity contribution in [3.63, 3.8) is 0 Å². The van der Waals surface area contributed by atoms with E-state index in [1.807, 2.05) is 24.3 Å². The van der Waals surface area contributed by atoms with Gasteiger partial charge in [0.25, 0.3) is 0 Å². The number of unbranched alkanes of at least 4 members (excludes halogenated alkanes) is 1. The first kappa shape index (κ1) is 19.0. The van der Waals surface area contributed by atoms with E-state index in [4.69, 9.17) is 4.74 Å². The van der Waals surface area contributed by atoms with E-state index in [1.165, 1.54) is 6.92 Å². The van der Waals surface area contributed by atoms with Gasteiger partial charge in [-0.3, -0.25) is 9.59 Å². The molecule has 0 aliphatic carbocycles. The minimum atomic E-state index is -0.0734. The molecule has 0 bridgehead atoms. The molecule has 2 amide bonds. The molecule has 5 nitrogen and oxygen atoms in total. The van der Waals surface area contributed by atoms with E-state index in [2.05, 4.69) is 6.92 Å². The van der Waals surface area contributed by atoms with Crippen LogP contribution >= 0.6 is 0 Å². The number of hydrogen-bond acceptors (Lipinski definition) is 3. The van der Waals surface area contributed by atoms with Crippen molar-refractivity contribution in [3.8, 4) is 5.75 Å². The summed E-state index contributed by atoms with van der Waals surface area (Å²) >= 11 is 0. The van der Waals surface area contributed by atoms with Gasteiger partial charge in [0.05, 0.1) is 13.7 Å². The molecular weight excluding hydrogens is 292 g/mol. The van der Waals surface area contributed by atoms with E-state index in [0.717, 1.165) is 37.1 Å². The van der Waals surface area contributed by atoms with Gasteiger partial charge in [-0.25, -0.2) is 0 Å². The molecule has 0 saturated heterocycles. The summed E-state index contributed by atoms with van der Waals surface area (Å²) in [5.74, 6) is 0.726. The topological polar surface area (TPSA) is 49.9 Å². The first-order valence-electron chi connectivity index (χ1n) is 8.10. The fourth-order valence-electron chi connectivity index (χ4n) is 2.21. The van der Waals surface area contributed by atoms with Gasteiger partial charge < -0.3 is 14.5 Å². The molecule has 0 radical (unpaired) electrons. The van der Waals surface area contributed by atoms with Crippen molar-refractivity contribution < 1.29 is 14.3 Å². The minimum absolute atomic E-state index is 0.0108. The van der Waals surface area contributed by atoms with Crippen LogP contribution in [0.3, 0.4) is 0 Å². The van der Waals surface area contributed by atoms with E-state index >= 15 is 0 Å². The number of ether oxygens (including phenoxy) is 1. The third kappa shape index (κ3) is 6.72. The predicted octanol–water partition coefficient (Wildman–Crippen LogP) is 2.34. The van der Waals surface area contributed by atoms with Crippen molar-refractivity contribution in [2.45, 2.75) is 33.1 Å². The van der Waals surface area contributed by atoms with Gasteiger partial charge in [-0.2, -0.15) is 0 Å². The molecule has 0 N–H and O–H groups in total. The van der Waals surface area contributed by atoms with Gasteiger partial charge >= 0.3 is 0 Å². The molecule has 0 aromatic heterocycles. The smallest absolute Gasteiger partial charge is 0.241 e. The third-order valence-electron chi connectivity index (χ3n) is 3.87. The van der Waals surface area contributed by atoms with Gasteiger partial charge in [-0.1, -0.05) is 25.5 Å². The molecule has 0 aliphatic heterocycles. The van der Waals surface area contributed by atoms with Crippen molar-refractivity contribution in [1.29, 1.82) is 0 Å². The number of hydrogen-bond donors (Lipinski definition) is 0. The second-order valence-corrected chi connectivity index (χ2v) is 5.71. The van der Waals surface area contributed by atoms with Crippen LogP contribution in [0.1, 0.15) is 32.3 Å². The number of likely N-dealkylation sites (N-methyl/N-ethyl adjacent to an activating group) is 1. The first-order chi connectivity index (χ1) is 11.0. The van der Waals surface area contributed by atoms with Crippen LogP contribution in [0.5, 0.6) is 5.75 Å². The van der Waals surface area contributed by atoms with Gasteiger partial charge in [-0.15, -0.1) is 0 Å². The van der Waals surface area contributed by atoms with Crippen molar-refractivity contribution in [3.05, 3.63) is 29.8 Å². The average molecular weight is 320 g/mol. The van der Waals surface area contributed by atoms with E-state index in [-0.39, 0.29) is 18.4 Å². The number of rotatable bonds is 9. The summed E-state index contributed by atoms with van der Waals surface area (Å²) in [4.78, 5) is 27.3. The Morgan fingerprint density at radius 3 is 2.30 bits per heavy atom. The SMILES string of the molecule is CCCCN(C)C(=O)CN(CCc1ccc(OC)cc1)C(C)=O. The Kier molecular flexibility index (Phi) is 8.16. The largest absolute Gasteiger partial charge is 0.497 e. The molecule has 5 heteroatoms. The van der Waals surface area contributed by atoms with Gasteiger partial charge in [0.2, 0.25) is 11.8 Å². The normalized spacial score (nSPS) is 10.3. The molecule has 1 aromatic carbocycles. The van der Waals surface area contributed by atoms with Crippen molar-refractivity contribution in [2.75, 3.05) is 33.8 Å². The van der Waals surface area contributed by atoms with E-state index in [9.17, 15) is 9.59 Å². The molecule has 1 aromatic rings. The summed E-state index contributed by atoms with van der Waals surface area (Å²) in [6.45, 7) is 5.02. The lowest BCUT2D eigenvalue weighted by Crippen LogP contribution is -2.41. The summed E-state index contributed by atoms with van der Waals surface area (Å²) in [6, 6.07) is 7.76. The molecular formula is C18H28N2O3. The van der Waals surface area contributed by atoms with Crippen LogP contribution in [-0.2, 0) is 16.0 Å². The zero-order valence-electron chi connectivity index (χ0n) is 14.7. The third-order valence-corrected chi connectivity index (χ3v) is 3.87. The monoisotopic (exact) mass is 320 g/mol. The van der Waals surface area contributed by atoms with Crippen LogP contribution in [0.4, 0.5) is 0 Å².